The van der Waals surface area contributed by atoms with Gasteiger partial charge in [0.1, 0.15) is 30.4 Å². The summed E-state index contributed by atoms with van der Waals surface area (Å²) < 4.78 is 15.0. The van der Waals surface area contributed by atoms with Gasteiger partial charge < -0.3 is 0 Å². The summed E-state index contributed by atoms with van der Waals surface area (Å²) in [5.41, 5.74) is 0.939. The summed E-state index contributed by atoms with van der Waals surface area (Å²) >= 11 is 0. The zero-order chi connectivity index (χ0) is 11.4. The highest BCUT2D eigenvalue weighted by Gasteiger charge is 2.04. The smallest absolute Gasteiger partial charge is 0.149 e. The second kappa shape index (κ2) is 4.48. The lowest BCUT2D eigenvalue weighted by molar-refractivity contribution is -0.104. The van der Waals surface area contributed by atoms with Gasteiger partial charge in [0, 0.05) is 0 Å². The summed E-state index contributed by atoms with van der Waals surface area (Å²) in [5, 5.41) is 3.83. The fourth-order valence-electron chi connectivity index (χ4n) is 1.30. The predicted octanol–water partition coefficient (Wildman–Crippen LogP) is 1.62. The number of carbonyl (C=O) groups excluding carboxylic acids is 1. The van der Waals surface area contributed by atoms with Crippen LogP contribution in [-0.2, 0) is 4.79 Å². The maximum absolute atomic E-state index is 13.6. The molecule has 0 saturated heterocycles. The average Bonchev–Trinajstić information content (AvgIpc) is 2.80. The topological polar surface area (TPSA) is 47.8 Å². The molecule has 16 heavy (non-hydrogen) atoms. The number of halogens is 1. The van der Waals surface area contributed by atoms with E-state index in [9.17, 15) is 9.18 Å². The molecular formula is C11H8FN3O. The third-order valence-electron chi connectivity index (χ3n) is 2.00. The van der Waals surface area contributed by atoms with Gasteiger partial charge in [-0.15, -0.1) is 0 Å². The monoisotopic (exact) mass is 217 g/mol. The van der Waals surface area contributed by atoms with Crippen molar-refractivity contribution in [3.05, 3.63) is 48.3 Å². The first-order chi connectivity index (χ1) is 7.81. The number of hydrogen-bond acceptors (Lipinski definition) is 3. The van der Waals surface area contributed by atoms with Gasteiger partial charge in [0.25, 0.3) is 0 Å². The zero-order valence-corrected chi connectivity index (χ0v) is 8.25. The van der Waals surface area contributed by atoms with Crippen molar-refractivity contribution >= 4 is 12.4 Å². The molecule has 1 heterocycles. The summed E-state index contributed by atoms with van der Waals surface area (Å²) in [6.07, 6.45) is 6.23. The molecule has 80 valence electrons. The highest BCUT2D eigenvalue weighted by atomic mass is 19.1. The minimum atomic E-state index is -0.418. The van der Waals surface area contributed by atoms with Gasteiger partial charge in [-0.25, -0.2) is 14.1 Å². The Kier molecular flexibility index (Phi) is 2.86. The van der Waals surface area contributed by atoms with Crippen LogP contribution in [-0.4, -0.2) is 21.1 Å². The van der Waals surface area contributed by atoms with Crippen molar-refractivity contribution in [3.63, 3.8) is 0 Å². The van der Waals surface area contributed by atoms with Crippen LogP contribution < -0.4 is 0 Å². The second-order valence-corrected chi connectivity index (χ2v) is 3.05. The van der Waals surface area contributed by atoms with Crippen LogP contribution in [0.25, 0.3) is 11.8 Å². The number of nitrogens with zero attached hydrogens (tertiary/aromatic N) is 3. The van der Waals surface area contributed by atoms with Crippen LogP contribution in [0.4, 0.5) is 4.39 Å². The van der Waals surface area contributed by atoms with Gasteiger partial charge in [0.05, 0.1) is 0 Å². The van der Waals surface area contributed by atoms with Gasteiger partial charge in [-0.2, -0.15) is 5.10 Å². The van der Waals surface area contributed by atoms with Crippen molar-refractivity contribution in [1.29, 1.82) is 0 Å². The standard InChI is InChI=1S/C11H8FN3O/c12-10-6-9(2-1-5-16)3-4-11(10)15-8-13-7-14-15/h1-8H. The highest BCUT2D eigenvalue weighted by Crippen LogP contribution is 2.14. The van der Waals surface area contributed by atoms with Crippen molar-refractivity contribution in [1.82, 2.24) is 14.8 Å². The molecule has 0 spiro atoms. The number of hydrogen-bond donors (Lipinski definition) is 0. The first-order valence-corrected chi connectivity index (χ1v) is 4.57. The Bertz CT molecular complexity index is 520. The molecule has 0 N–H and O–H groups in total. The SMILES string of the molecule is O=CC=Cc1ccc(-n2cncn2)c(F)c1. The molecule has 0 fully saturated rings. The van der Waals surface area contributed by atoms with Crippen LogP contribution in [0.5, 0.6) is 0 Å². The summed E-state index contributed by atoms with van der Waals surface area (Å²) in [5.74, 6) is -0.418. The number of aldehydes is 1. The molecule has 0 unspecified atom stereocenters. The fourth-order valence-corrected chi connectivity index (χ4v) is 1.30. The van der Waals surface area contributed by atoms with Crippen LogP contribution in [0, 0.1) is 5.82 Å². The summed E-state index contributed by atoms with van der Waals surface area (Å²) in [4.78, 5) is 13.9. The van der Waals surface area contributed by atoms with Crippen LogP contribution >= 0.6 is 0 Å². The Balaban J connectivity index is 2.37. The highest BCUT2D eigenvalue weighted by molar-refractivity contribution is 5.73. The van der Waals surface area contributed by atoms with Crippen molar-refractivity contribution in [2.24, 2.45) is 0 Å². The van der Waals surface area contributed by atoms with Gasteiger partial charge in [-0.1, -0.05) is 12.1 Å². The molecule has 0 aliphatic carbocycles. The zero-order valence-electron chi connectivity index (χ0n) is 8.25. The van der Waals surface area contributed by atoms with E-state index in [-0.39, 0.29) is 0 Å². The number of carbonyl (C=O) groups is 1. The molecule has 0 aliphatic rings. The Morgan fingerprint density at radius 3 is 2.88 bits per heavy atom. The van der Waals surface area contributed by atoms with Gasteiger partial charge in [0.15, 0.2) is 0 Å². The first kappa shape index (κ1) is 10.2. The van der Waals surface area contributed by atoms with E-state index >= 15 is 0 Å². The van der Waals surface area contributed by atoms with E-state index in [1.807, 2.05) is 0 Å². The third-order valence-corrected chi connectivity index (χ3v) is 2.00. The molecule has 4 nitrogen and oxygen atoms in total. The maximum Gasteiger partial charge on any atom is 0.149 e. The van der Waals surface area contributed by atoms with E-state index < -0.39 is 5.82 Å². The fraction of sp³-hybridized carbons (Fsp3) is 0. The number of rotatable bonds is 3. The van der Waals surface area contributed by atoms with E-state index in [1.54, 1.807) is 12.1 Å². The molecule has 0 atom stereocenters. The number of benzene rings is 1. The molecule has 2 aromatic rings. The molecule has 5 heteroatoms. The van der Waals surface area contributed by atoms with E-state index in [2.05, 4.69) is 10.1 Å². The molecule has 0 radical (unpaired) electrons. The Labute approximate surface area is 91.0 Å². The minimum Gasteiger partial charge on any atom is -0.299 e. The van der Waals surface area contributed by atoms with Crippen molar-refractivity contribution < 1.29 is 9.18 Å². The van der Waals surface area contributed by atoms with Gasteiger partial charge in [-0.05, 0) is 23.8 Å². The van der Waals surface area contributed by atoms with Crippen LogP contribution in [0.1, 0.15) is 5.56 Å². The molecular weight excluding hydrogens is 209 g/mol. The van der Waals surface area contributed by atoms with Crippen molar-refractivity contribution in [2.75, 3.05) is 0 Å². The molecule has 1 aromatic heterocycles. The van der Waals surface area contributed by atoms with Gasteiger partial charge in [0.2, 0.25) is 0 Å². The largest absolute Gasteiger partial charge is 0.299 e. The molecule has 0 bridgehead atoms. The average molecular weight is 217 g/mol. The summed E-state index contributed by atoms with van der Waals surface area (Å²) in [6.45, 7) is 0. The molecule has 1 aromatic carbocycles. The van der Waals surface area contributed by atoms with Gasteiger partial charge >= 0.3 is 0 Å². The lowest BCUT2D eigenvalue weighted by Crippen LogP contribution is -1.98. The Morgan fingerprint density at radius 1 is 1.38 bits per heavy atom. The number of aromatic nitrogens is 3. The first-order valence-electron chi connectivity index (χ1n) is 4.57. The van der Waals surface area contributed by atoms with Crippen molar-refractivity contribution in [2.45, 2.75) is 0 Å². The van der Waals surface area contributed by atoms with Gasteiger partial charge in [-0.3, -0.25) is 4.79 Å². The summed E-state index contributed by atoms with van der Waals surface area (Å²) in [7, 11) is 0. The Hall–Kier alpha value is -2.30. The van der Waals surface area contributed by atoms with E-state index in [0.717, 1.165) is 0 Å². The summed E-state index contributed by atoms with van der Waals surface area (Å²) in [6, 6.07) is 4.60. The van der Waals surface area contributed by atoms with Crippen molar-refractivity contribution in [3.8, 4) is 5.69 Å². The van der Waals surface area contributed by atoms with Crippen LogP contribution in [0.3, 0.4) is 0 Å². The maximum atomic E-state index is 13.6. The lowest BCUT2D eigenvalue weighted by Gasteiger charge is -2.02. The third kappa shape index (κ3) is 2.03. The van der Waals surface area contributed by atoms with E-state index in [1.165, 1.54) is 35.6 Å². The van der Waals surface area contributed by atoms with E-state index in [4.69, 9.17) is 0 Å². The second-order valence-electron chi connectivity index (χ2n) is 3.05. The molecule has 2 rings (SSSR count). The normalized spacial score (nSPS) is 10.8. The lowest BCUT2D eigenvalue weighted by atomic mass is 10.2. The molecule has 0 saturated carbocycles. The van der Waals surface area contributed by atoms with E-state index in [0.29, 0.717) is 17.5 Å². The quantitative estimate of drug-likeness (QED) is 0.579. The van der Waals surface area contributed by atoms with Crippen LogP contribution in [0.2, 0.25) is 0 Å². The Morgan fingerprint density at radius 2 is 2.25 bits per heavy atom. The number of allylic oxidation sites excluding steroid dienone is 1. The van der Waals surface area contributed by atoms with Crippen LogP contribution in [0.15, 0.2) is 36.9 Å². The molecule has 0 aliphatic heterocycles. The predicted molar refractivity (Wildman–Crippen MR) is 56.4 cm³/mol. The minimum absolute atomic E-state index is 0.320. The molecule has 0 amide bonds.